The van der Waals surface area contributed by atoms with Gasteiger partial charge in [-0.05, 0) is 35.2 Å². The Morgan fingerprint density at radius 1 is 1.00 bits per heavy atom. The molecule has 1 aliphatic heterocycles. The number of rotatable bonds is 3. The molecule has 2 aromatic carbocycles. The number of carbonyl (C=O) groups is 1. The lowest BCUT2D eigenvalue weighted by Crippen LogP contribution is -2.37. The molecule has 0 bridgehead atoms. The zero-order chi connectivity index (χ0) is 20.5. The highest BCUT2D eigenvalue weighted by atomic mass is 32.1. The van der Waals surface area contributed by atoms with Gasteiger partial charge in [0.15, 0.2) is 0 Å². The van der Waals surface area contributed by atoms with Crippen LogP contribution in [0.25, 0.3) is 32.1 Å². The number of benzene rings is 2. The molecule has 0 aliphatic carbocycles. The zero-order valence-corrected chi connectivity index (χ0v) is 17.5. The van der Waals surface area contributed by atoms with E-state index in [1.165, 1.54) is 40.5 Å². The zero-order valence-electron chi connectivity index (χ0n) is 16.7. The number of carbonyl (C=O) groups excluding carboxylic acids is 1. The third-order valence-electron chi connectivity index (χ3n) is 5.89. The van der Waals surface area contributed by atoms with Gasteiger partial charge in [-0.3, -0.25) is 14.2 Å². The lowest BCUT2D eigenvalue weighted by Gasteiger charge is -2.20. The van der Waals surface area contributed by atoms with Crippen LogP contribution in [0.2, 0.25) is 0 Å². The van der Waals surface area contributed by atoms with Crippen LogP contribution in [0.4, 0.5) is 0 Å². The van der Waals surface area contributed by atoms with Crippen LogP contribution in [0, 0.1) is 0 Å². The molecule has 1 aliphatic rings. The maximum atomic E-state index is 13.3. The highest BCUT2D eigenvalue weighted by Crippen LogP contribution is 2.32. The molecular weight excluding hydrogens is 394 g/mol. The Kier molecular flexibility index (Phi) is 5.09. The molecule has 4 aromatic rings. The number of thiophene rings is 1. The summed E-state index contributed by atoms with van der Waals surface area (Å²) in [6.45, 7) is 1.61. The molecule has 0 atom stereocenters. The van der Waals surface area contributed by atoms with E-state index >= 15 is 0 Å². The van der Waals surface area contributed by atoms with E-state index in [1.54, 1.807) is 0 Å². The molecule has 2 aromatic heterocycles. The predicted molar refractivity (Wildman–Crippen MR) is 122 cm³/mol. The first-order valence-electron chi connectivity index (χ1n) is 10.4. The molecule has 1 amide bonds. The SMILES string of the molecule is O=C(Cn1cnc2scc(-c3ccc4ccccc4c3)c2c1=O)N1CCCCCC1. The van der Waals surface area contributed by atoms with Crippen LogP contribution in [0.5, 0.6) is 0 Å². The van der Waals surface area contributed by atoms with Gasteiger partial charge in [0.2, 0.25) is 5.91 Å². The number of hydrogen-bond acceptors (Lipinski definition) is 4. The molecule has 152 valence electrons. The monoisotopic (exact) mass is 417 g/mol. The first-order valence-corrected chi connectivity index (χ1v) is 11.3. The summed E-state index contributed by atoms with van der Waals surface area (Å²) < 4.78 is 1.47. The smallest absolute Gasteiger partial charge is 0.263 e. The molecule has 5 rings (SSSR count). The number of nitrogens with zero attached hydrogens (tertiary/aromatic N) is 3. The maximum Gasteiger partial charge on any atom is 0.263 e. The van der Waals surface area contributed by atoms with Gasteiger partial charge in [-0.15, -0.1) is 11.3 Å². The fourth-order valence-electron chi connectivity index (χ4n) is 4.22. The van der Waals surface area contributed by atoms with Gasteiger partial charge in [0.25, 0.3) is 5.56 Å². The Morgan fingerprint density at radius 3 is 2.57 bits per heavy atom. The van der Waals surface area contributed by atoms with Gasteiger partial charge in [0, 0.05) is 24.0 Å². The van der Waals surface area contributed by atoms with E-state index in [0.717, 1.165) is 42.4 Å². The summed E-state index contributed by atoms with van der Waals surface area (Å²) in [4.78, 5) is 33.2. The fraction of sp³-hybridized carbons (Fsp3) is 0.292. The van der Waals surface area contributed by atoms with Crippen LogP contribution < -0.4 is 5.56 Å². The second-order valence-electron chi connectivity index (χ2n) is 7.86. The quantitative estimate of drug-likeness (QED) is 0.486. The van der Waals surface area contributed by atoms with Crippen molar-refractivity contribution in [2.24, 2.45) is 0 Å². The van der Waals surface area contributed by atoms with Crippen LogP contribution in [0.1, 0.15) is 25.7 Å². The third kappa shape index (κ3) is 3.52. The number of aromatic nitrogens is 2. The number of likely N-dealkylation sites (tertiary alicyclic amines) is 1. The van der Waals surface area contributed by atoms with Crippen molar-refractivity contribution in [3.63, 3.8) is 0 Å². The van der Waals surface area contributed by atoms with E-state index in [2.05, 4.69) is 29.2 Å². The molecule has 0 saturated carbocycles. The Balaban J connectivity index is 1.52. The largest absolute Gasteiger partial charge is 0.341 e. The average molecular weight is 418 g/mol. The van der Waals surface area contributed by atoms with Crippen molar-refractivity contribution >= 4 is 38.2 Å². The lowest BCUT2D eigenvalue weighted by atomic mass is 10.0. The van der Waals surface area contributed by atoms with Gasteiger partial charge in [0.1, 0.15) is 11.4 Å². The number of hydrogen-bond donors (Lipinski definition) is 0. The molecule has 1 fully saturated rings. The molecule has 5 nitrogen and oxygen atoms in total. The molecule has 0 unspecified atom stereocenters. The summed E-state index contributed by atoms with van der Waals surface area (Å²) in [6, 6.07) is 14.4. The second kappa shape index (κ2) is 8.03. The van der Waals surface area contributed by atoms with Gasteiger partial charge in [-0.2, -0.15) is 0 Å². The van der Waals surface area contributed by atoms with Crippen molar-refractivity contribution < 1.29 is 4.79 Å². The van der Waals surface area contributed by atoms with Crippen LogP contribution in [0.3, 0.4) is 0 Å². The Hall–Kier alpha value is -2.99. The number of amides is 1. The average Bonchev–Trinajstić information content (AvgIpc) is 3.02. The third-order valence-corrected chi connectivity index (χ3v) is 6.77. The predicted octanol–water partition coefficient (Wildman–Crippen LogP) is 4.68. The fourth-order valence-corrected chi connectivity index (χ4v) is 5.12. The summed E-state index contributed by atoms with van der Waals surface area (Å²) >= 11 is 1.47. The first kappa shape index (κ1) is 19.0. The summed E-state index contributed by atoms with van der Waals surface area (Å²) in [5.74, 6) is 0.00244. The first-order chi connectivity index (χ1) is 14.7. The van der Waals surface area contributed by atoms with Crippen molar-refractivity contribution in [3.05, 3.63) is 64.5 Å². The molecule has 0 radical (unpaired) electrons. The van der Waals surface area contributed by atoms with Gasteiger partial charge in [-0.25, -0.2) is 4.98 Å². The molecule has 0 N–H and O–H groups in total. The van der Waals surface area contributed by atoms with Gasteiger partial charge < -0.3 is 4.90 Å². The lowest BCUT2D eigenvalue weighted by molar-refractivity contribution is -0.131. The van der Waals surface area contributed by atoms with Crippen LogP contribution in [-0.2, 0) is 11.3 Å². The molecular formula is C24H23N3O2S. The van der Waals surface area contributed by atoms with Crippen LogP contribution in [0.15, 0.2) is 59.0 Å². The summed E-state index contributed by atoms with van der Waals surface area (Å²) in [6.07, 6.45) is 5.92. The maximum absolute atomic E-state index is 13.3. The standard InChI is InChI=1S/C24H23N3O2S/c28-21(26-11-5-1-2-6-12-26)14-27-16-25-23-22(24(27)29)20(15-30-23)19-10-9-17-7-3-4-8-18(17)13-19/h3-4,7-10,13,15-16H,1-2,5-6,11-12,14H2. The number of fused-ring (bicyclic) bond motifs is 2. The molecule has 6 heteroatoms. The van der Waals surface area contributed by atoms with Crippen molar-refractivity contribution in [1.82, 2.24) is 14.5 Å². The highest BCUT2D eigenvalue weighted by Gasteiger charge is 2.19. The van der Waals surface area contributed by atoms with Gasteiger partial charge in [-0.1, -0.05) is 49.2 Å². The van der Waals surface area contributed by atoms with Crippen molar-refractivity contribution in [1.29, 1.82) is 0 Å². The summed E-state index contributed by atoms with van der Waals surface area (Å²) in [7, 11) is 0. The Bertz CT molecular complexity index is 1280. The normalized spacial score (nSPS) is 14.9. The highest BCUT2D eigenvalue weighted by molar-refractivity contribution is 7.17. The van der Waals surface area contributed by atoms with E-state index < -0.39 is 0 Å². The van der Waals surface area contributed by atoms with Crippen molar-refractivity contribution in [2.45, 2.75) is 32.2 Å². The van der Waals surface area contributed by atoms with Crippen LogP contribution >= 0.6 is 11.3 Å². The minimum Gasteiger partial charge on any atom is -0.341 e. The molecule has 0 spiro atoms. The minimum atomic E-state index is -0.146. The topological polar surface area (TPSA) is 55.2 Å². The Morgan fingerprint density at radius 2 is 1.77 bits per heavy atom. The second-order valence-corrected chi connectivity index (χ2v) is 8.72. The van der Waals surface area contributed by atoms with Gasteiger partial charge >= 0.3 is 0 Å². The Labute approximate surface area is 178 Å². The van der Waals surface area contributed by atoms with Gasteiger partial charge in [0.05, 0.1) is 11.7 Å². The van der Waals surface area contributed by atoms with Crippen molar-refractivity contribution in [2.75, 3.05) is 13.1 Å². The van der Waals surface area contributed by atoms with E-state index in [-0.39, 0.29) is 18.0 Å². The van der Waals surface area contributed by atoms with E-state index in [0.29, 0.717) is 10.2 Å². The van der Waals surface area contributed by atoms with E-state index in [1.807, 2.05) is 28.5 Å². The van der Waals surface area contributed by atoms with E-state index in [4.69, 9.17) is 0 Å². The molecule has 3 heterocycles. The molecule has 1 saturated heterocycles. The summed E-state index contributed by atoms with van der Waals surface area (Å²) in [5.41, 5.74) is 1.73. The molecule has 30 heavy (non-hydrogen) atoms. The van der Waals surface area contributed by atoms with E-state index in [9.17, 15) is 9.59 Å². The minimum absolute atomic E-state index is 0.00244. The van der Waals surface area contributed by atoms with Crippen molar-refractivity contribution in [3.8, 4) is 11.1 Å². The van der Waals surface area contributed by atoms with Crippen LogP contribution in [-0.4, -0.2) is 33.4 Å². The summed E-state index contributed by atoms with van der Waals surface area (Å²) in [5, 5.41) is 4.89.